The molecule has 31 heavy (non-hydrogen) atoms. The van der Waals surface area contributed by atoms with Crippen molar-refractivity contribution in [1.29, 1.82) is 0 Å². The first kappa shape index (κ1) is 21.4. The maximum absolute atomic E-state index is 13.3. The van der Waals surface area contributed by atoms with E-state index in [0.717, 1.165) is 17.4 Å². The minimum Gasteiger partial charge on any atom is -0.378 e. The number of fused-ring (bicyclic) bond motifs is 1. The molecule has 4 rings (SSSR count). The van der Waals surface area contributed by atoms with Gasteiger partial charge in [0, 0.05) is 18.8 Å². The second-order valence-electron chi connectivity index (χ2n) is 6.99. The molecule has 3 aromatic rings. The highest BCUT2D eigenvalue weighted by Gasteiger charge is 2.22. The van der Waals surface area contributed by atoms with Gasteiger partial charge in [-0.2, -0.15) is 0 Å². The Morgan fingerprint density at radius 2 is 2.06 bits per heavy atom. The van der Waals surface area contributed by atoms with Crippen molar-refractivity contribution in [1.82, 2.24) is 14.5 Å². The van der Waals surface area contributed by atoms with Crippen molar-refractivity contribution in [2.45, 2.75) is 13.5 Å². The van der Waals surface area contributed by atoms with Gasteiger partial charge in [-0.1, -0.05) is 11.6 Å². The van der Waals surface area contributed by atoms with Crippen LogP contribution in [0.5, 0.6) is 0 Å². The fourth-order valence-electron chi connectivity index (χ4n) is 3.31. The van der Waals surface area contributed by atoms with Crippen LogP contribution >= 0.6 is 22.9 Å². The summed E-state index contributed by atoms with van der Waals surface area (Å²) in [5, 5.41) is 2.83. The first-order valence-corrected chi connectivity index (χ1v) is 10.6. The van der Waals surface area contributed by atoms with E-state index in [-0.39, 0.29) is 23.0 Å². The molecule has 2 aromatic heterocycles. The second-order valence-corrected chi connectivity index (χ2v) is 8.40. The number of hydrogen-bond acceptors (Lipinski definition) is 6. The molecule has 1 aromatic carbocycles. The first-order valence-electron chi connectivity index (χ1n) is 9.45. The summed E-state index contributed by atoms with van der Waals surface area (Å²) >= 11 is 6.83. The Hall–Kier alpha value is -2.82. The van der Waals surface area contributed by atoms with E-state index in [0.29, 0.717) is 52.6 Å². The Morgan fingerprint density at radius 3 is 2.77 bits per heavy atom. The lowest BCUT2D eigenvalue weighted by molar-refractivity contribution is -0.135. The van der Waals surface area contributed by atoms with Gasteiger partial charge in [-0.05, 0) is 30.7 Å². The highest BCUT2D eigenvalue weighted by atomic mass is 35.5. The third-order valence-corrected chi connectivity index (χ3v) is 6.46. The number of amides is 2. The van der Waals surface area contributed by atoms with Crippen molar-refractivity contribution in [3.05, 3.63) is 56.2 Å². The van der Waals surface area contributed by atoms with E-state index < -0.39 is 11.7 Å². The Balaban J connectivity index is 1.60. The molecule has 2 amide bonds. The van der Waals surface area contributed by atoms with Gasteiger partial charge in [0.15, 0.2) is 0 Å². The normalized spacial score (nSPS) is 14.1. The van der Waals surface area contributed by atoms with E-state index in [1.54, 1.807) is 11.8 Å². The number of nitrogens with one attached hydrogen (secondary N) is 1. The molecule has 1 N–H and O–H groups in total. The summed E-state index contributed by atoms with van der Waals surface area (Å²) in [4.78, 5) is 44.8. The van der Waals surface area contributed by atoms with E-state index in [9.17, 15) is 18.8 Å². The van der Waals surface area contributed by atoms with Crippen molar-refractivity contribution in [3.8, 4) is 0 Å². The number of aromatic nitrogens is 2. The summed E-state index contributed by atoms with van der Waals surface area (Å²) in [6.45, 7) is 3.44. The van der Waals surface area contributed by atoms with Crippen LogP contribution in [0.2, 0.25) is 5.02 Å². The van der Waals surface area contributed by atoms with Crippen molar-refractivity contribution in [3.63, 3.8) is 0 Å². The van der Waals surface area contributed by atoms with Gasteiger partial charge in [0.2, 0.25) is 5.91 Å². The minimum atomic E-state index is -0.589. The van der Waals surface area contributed by atoms with Gasteiger partial charge in [-0.15, -0.1) is 11.3 Å². The molecule has 0 saturated carbocycles. The number of morpholine rings is 1. The lowest BCUT2D eigenvalue weighted by Crippen LogP contribution is -2.43. The molecule has 1 aliphatic rings. The predicted octanol–water partition coefficient (Wildman–Crippen LogP) is 2.67. The van der Waals surface area contributed by atoms with Crippen molar-refractivity contribution in [2.24, 2.45) is 0 Å². The van der Waals surface area contributed by atoms with Crippen molar-refractivity contribution in [2.75, 3.05) is 31.6 Å². The summed E-state index contributed by atoms with van der Waals surface area (Å²) in [5.41, 5.74) is 0.412. The number of rotatable bonds is 4. The second kappa shape index (κ2) is 8.74. The highest BCUT2D eigenvalue weighted by molar-refractivity contribution is 7.20. The molecule has 8 nitrogen and oxygen atoms in total. The molecule has 0 radical (unpaired) electrons. The molecule has 0 aliphatic carbocycles. The number of ether oxygens (including phenoxy) is 1. The third kappa shape index (κ3) is 4.32. The van der Waals surface area contributed by atoms with E-state index in [1.165, 1.54) is 23.0 Å². The number of carbonyl (C=O) groups excluding carboxylic acids is 2. The molecule has 1 saturated heterocycles. The number of aryl methyl sites for hydroxylation is 1. The third-order valence-electron chi connectivity index (χ3n) is 4.97. The van der Waals surface area contributed by atoms with Crippen LogP contribution in [0.1, 0.15) is 15.2 Å². The number of hydrogen-bond donors (Lipinski definition) is 1. The molecule has 0 bridgehead atoms. The van der Waals surface area contributed by atoms with Gasteiger partial charge >= 0.3 is 0 Å². The average molecular weight is 465 g/mol. The zero-order valence-electron chi connectivity index (χ0n) is 16.5. The quantitative estimate of drug-likeness (QED) is 0.640. The van der Waals surface area contributed by atoms with Crippen LogP contribution in [0.15, 0.2) is 29.3 Å². The fraction of sp³-hybridized carbons (Fsp3) is 0.300. The molecular formula is C20H18ClFN4O4S. The fourth-order valence-corrected chi connectivity index (χ4v) is 4.52. The number of thiophene rings is 1. The molecule has 11 heteroatoms. The molecular weight excluding hydrogens is 447 g/mol. The Labute approximate surface area is 185 Å². The number of carbonyl (C=O) groups is 2. The summed E-state index contributed by atoms with van der Waals surface area (Å²) in [5.74, 6) is -1.24. The maximum Gasteiger partial charge on any atom is 0.266 e. The highest BCUT2D eigenvalue weighted by Crippen LogP contribution is 2.28. The molecule has 3 heterocycles. The molecule has 0 atom stereocenters. The summed E-state index contributed by atoms with van der Waals surface area (Å²) in [7, 11) is 0. The number of nitrogens with zero attached hydrogens (tertiary/aromatic N) is 3. The van der Waals surface area contributed by atoms with Crippen LogP contribution in [0.3, 0.4) is 0 Å². The first-order chi connectivity index (χ1) is 14.8. The Morgan fingerprint density at radius 1 is 1.32 bits per heavy atom. The minimum absolute atomic E-state index is 0.111. The molecule has 1 fully saturated rings. The maximum atomic E-state index is 13.3. The summed E-state index contributed by atoms with van der Waals surface area (Å²) in [6.07, 6.45) is 1.32. The zero-order chi connectivity index (χ0) is 22.1. The van der Waals surface area contributed by atoms with Crippen molar-refractivity contribution >= 4 is 50.7 Å². The molecule has 0 unspecified atom stereocenters. The van der Waals surface area contributed by atoms with Gasteiger partial charge in [0.05, 0.1) is 34.8 Å². The van der Waals surface area contributed by atoms with Crippen LogP contribution in [-0.2, 0) is 16.1 Å². The van der Waals surface area contributed by atoms with E-state index in [1.807, 2.05) is 0 Å². The Kier molecular flexibility index (Phi) is 6.03. The van der Waals surface area contributed by atoms with Crippen molar-refractivity contribution < 1.29 is 18.7 Å². The molecule has 1 aliphatic heterocycles. The van der Waals surface area contributed by atoms with Gasteiger partial charge in [0.25, 0.3) is 11.5 Å². The smallest absolute Gasteiger partial charge is 0.266 e. The van der Waals surface area contributed by atoms with Crippen LogP contribution in [0.4, 0.5) is 10.1 Å². The van der Waals surface area contributed by atoms with Crippen LogP contribution in [0, 0.1) is 12.7 Å². The SMILES string of the molecule is Cc1c(C(=O)Nc2ccc(F)c(Cl)c2)sc2ncn(CC(=O)N3CCOCC3)c(=O)c12. The summed E-state index contributed by atoms with van der Waals surface area (Å²) in [6, 6.07) is 3.85. The lowest BCUT2D eigenvalue weighted by Gasteiger charge is -2.26. The van der Waals surface area contributed by atoms with Crippen LogP contribution < -0.4 is 10.9 Å². The number of benzene rings is 1. The van der Waals surface area contributed by atoms with Gasteiger partial charge in [-0.25, -0.2) is 9.37 Å². The molecule has 0 spiro atoms. The van der Waals surface area contributed by atoms with E-state index in [4.69, 9.17) is 16.3 Å². The topological polar surface area (TPSA) is 93.5 Å². The summed E-state index contributed by atoms with van der Waals surface area (Å²) < 4.78 is 19.8. The standard InChI is InChI=1S/C20H18ClFN4O4S/c1-11-16-19(31-17(11)18(28)24-12-2-3-14(22)13(21)8-12)23-10-26(20(16)29)9-15(27)25-4-6-30-7-5-25/h2-3,8,10H,4-7,9H2,1H3,(H,24,28). The average Bonchev–Trinajstić information content (AvgIpc) is 3.10. The largest absolute Gasteiger partial charge is 0.378 e. The van der Waals surface area contributed by atoms with Crippen LogP contribution in [0.25, 0.3) is 10.2 Å². The monoisotopic (exact) mass is 464 g/mol. The van der Waals surface area contributed by atoms with Gasteiger partial charge in [0.1, 0.15) is 17.2 Å². The van der Waals surface area contributed by atoms with E-state index in [2.05, 4.69) is 10.3 Å². The number of halogens is 2. The Bertz CT molecular complexity index is 1240. The van der Waals surface area contributed by atoms with Gasteiger partial charge < -0.3 is 15.0 Å². The number of anilines is 1. The molecule has 162 valence electrons. The van der Waals surface area contributed by atoms with Gasteiger partial charge in [-0.3, -0.25) is 19.0 Å². The lowest BCUT2D eigenvalue weighted by atomic mass is 10.2. The zero-order valence-corrected chi connectivity index (χ0v) is 18.1. The predicted molar refractivity (Wildman–Crippen MR) is 115 cm³/mol. The van der Waals surface area contributed by atoms with Crippen LogP contribution in [-0.4, -0.2) is 52.6 Å². The van der Waals surface area contributed by atoms with E-state index >= 15 is 0 Å².